The van der Waals surface area contributed by atoms with E-state index < -0.39 is 11.6 Å². The molecule has 0 N–H and O–H groups in total. The van der Waals surface area contributed by atoms with E-state index in [1.165, 1.54) is 36.4 Å². The number of para-hydroxylation sites is 6. The molecule has 17 rings (SSSR count). The van der Waals surface area contributed by atoms with Crippen molar-refractivity contribution in [2.24, 2.45) is 28.2 Å². The third-order valence-electron chi connectivity index (χ3n) is 17.7. The lowest BCUT2D eigenvalue weighted by atomic mass is 10.0. The third-order valence-corrected chi connectivity index (χ3v) is 17.7. The Kier molecular flexibility index (Phi) is 12.7. The summed E-state index contributed by atoms with van der Waals surface area (Å²) in [6.45, 7) is 0. The van der Waals surface area contributed by atoms with Crippen molar-refractivity contribution in [1.29, 1.82) is 0 Å². The summed E-state index contributed by atoms with van der Waals surface area (Å²) in [7, 11) is 7.33. The number of hydrogen-bond donors (Lipinski definition) is 0. The Labute approximate surface area is 507 Å². The molecule has 6 aromatic heterocycles. The van der Waals surface area contributed by atoms with Crippen LogP contribution in [0, 0.1) is 11.6 Å². The summed E-state index contributed by atoms with van der Waals surface area (Å²) >= 11 is 0. The summed E-state index contributed by atoms with van der Waals surface area (Å²) in [5, 5.41) is 6.69. The zero-order valence-electron chi connectivity index (χ0n) is 48.8. The summed E-state index contributed by atoms with van der Waals surface area (Å²) in [6.07, 6.45) is 0. The van der Waals surface area contributed by atoms with Gasteiger partial charge in [-0.15, -0.1) is 0 Å². The van der Waals surface area contributed by atoms with Crippen LogP contribution in [0.1, 0.15) is 0 Å². The number of halogens is 2. The minimum atomic E-state index is -0.438. The smallest absolute Gasteiger partial charge is 0.197 e. The molecule has 90 heavy (non-hydrogen) atoms. The van der Waals surface area contributed by atoms with Gasteiger partial charge in [-0.1, -0.05) is 84.9 Å². The van der Waals surface area contributed by atoms with Crippen LogP contribution in [0.25, 0.3) is 142 Å². The van der Waals surface area contributed by atoms with Gasteiger partial charge in [-0.3, -0.25) is 28.8 Å². The molecule has 0 saturated carbocycles. The minimum absolute atomic E-state index is 0.00351. The van der Waals surface area contributed by atoms with E-state index in [0.29, 0.717) is 97.7 Å². The number of benzene rings is 11. The van der Waals surface area contributed by atoms with Gasteiger partial charge >= 0.3 is 0 Å². The van der Waals surface area contributed by atoms with Gasteiger partial charge in [0, 0.05) is 104 Å². The van der Waals surface area contributed by atoms with Crippen LogP contribution in [0.5, 0.6) is 0 Å². The fraction of sp³-hybridized carbons (Fsp3) is 0.0526. The van der Waals surface area contributed by atoms with Gasteiger partial charge in [0.05, 0.1) is 66.2 Å². The third kappa shape index (κ3) is 8.40. The first-order chi connectivity index (χ1) is 43.7. The Morgan fingerprint density at radius 1 is 0.211 bits per heavy atom. The molecule has 0 aliphatic carbocycles. The second-order valence-electron chi connectivity index (χ2n) is 22.6. The number of rotatable bonds is 2. The highest BCUT2D eigenvalue weighted by atomic mass is 19.1. The Morgan fingerprint density at radius 2 is 0.433 bits per heavy atom. The number of fused-ring (bicyclic) bond motifs is 12. The van der Waals surface area contributed by atoms with E-state index in [0.717, 1.165) is 44.5 Å². The highest BCUT2D eigenvalue weighted by Crippen LogP contribution is 2.32. The molecular formula is C76H50F2N6O6. The van der Waals surface area contributed by atoms with Crippen LogP contribution in [-0.4, -0.2) is 27.4 Å². The van der Waals surface area contributed by atoms with Gasteiger partial charge in [0.15, 0.2) is 32.6 Å². The SMILES string of the molecule is Cn1c2cc(F)ccc2c(=O)c2cc3c(cc21)c(=O)c1ccc(F)cc1n3C.Cn1c2ccccc2c(=O)c2cc3c(cc21)c(=O)c1ccccc1n3C.O=c1c2ccccc2n(-c2ccccc2)c2cc3c(=O)c4ccccc4n(-c4ccccc4)c3cc12. The summed E-state index contributed by atoms with van der Waals surface area (Å²) in [5.41, 5.74) is 9.58. The van der Waals surface area contributed by atoms with Gasteiger partial charge in [0.1, 0.15) is 11.6 Å². The normalized spacial score (nSPS) is 11.7. The molecule has 11 aromatic carbocycles. The molecular weight excluding hydrogens is 1130 g/mol. The summed E-state index contributed by atoms with van der Waals surface area (Å²) < 4.78 is 39.0. The van der Waals surface area contributed by atoms with Crippen LogP contribution < -0.4 is 32.6 Å². The van der Waals surface area contributed by atoms with Gasteiger partial charge < -0.3 is 27.4 Å². The Morgan fingerprint density at radius 3 is 0.756 bits per heavy atom. The van der Waals surface area contributed by atoms with E-state index in [-0.39, 0.29) is 32.6 Å². The number of nitrogens with zero attached hydrogens (tertiary/aromatic N) is 6. The lowest BCUT2D eigenvalue weighted by Gasteiger charge is -2.19. The second-order valence-corrected chi connectivity index (χ2v) is 22.6. The first kappa shape index (κ1) is 54.7. The van der Waals surface area contributed by atoms with Crippen molar-refractivity contribution in [2.75, 3.05) is 0 Å². The first-order valence-corrected chi connectivity index (χ1v) is 29.1. The molecule has 0 aliphatic rings. The number of aromatic nitrogens is 6. The van der Waals surface area contributed by atoms with Crippen LogP contribution >= 0.6 is 0 Å². The monoisotopic (exact) mass is 1180 g/mol. The summed E-state index contributed by atoms with van der Waals surface area (Å²) in [6, 6.07) is 69.2. The Hall–Kier alpha value is -11.9. The lowest BCUT2D eigenvalue weighted by Crippen LogP contribution is -2.14. The van der Waals surface area contributed by atoms with Crippen molar-refractivity contribution in [1.82, 2.24) is 27.4 Å². The van der Waals surface area contributed by atoms with Gasteiger partial charge in [0.25, 0.3) is 0 Å². The zero-order chi connectivity index (χ0) is 62.0. The second kappa shape index (κ2) is 20.9. The fourth-order valence-corrected chi connectivity index (χ4v) is 13.2. The van der Waals surface area contributed by atoms with Crippen molar-refractivity contribution in [3.05, 3.63) is 303 Å². The van der Waals surface area contributed by atoms with Crippen LogP contribution in [0.15, 0.2) is 259 Å². The summed E-state index contributed by atoms with van der Waals surface area (Å²) in [4.78, 5) is 79.8. The fourth-order valence-electron chi connectivity index (χ4n) is 13.2. The van der Waals surface area contributed by atoms with Crippen LogP contribution in [-0.2, 0) is 28.2 Å². The maximum absolute atomic E-state index is 13.8. The maximum atomic E-state index is 13.8. The van der Waals surface area contributed by atoms with Crippen molar-refractivity contribution in [3.63, 3.8) is 0 Å². The van der Waals surface area contributed by atoms with Gasteiger partial charge in [-0.2, -0.15) is 0 Å². The molecule has 12 nitrogen and oxygen atoms in total. The molecule has 6 heterocycles. The van der Waals surface area contributed by atoms with Crippen LogP contribution in [0.3, 0.4) is 0 Å². The van der Waals surface area contributed by atoms with Gasteiger partial charge in [-0.05, 0) is 146 Å². The lowest BCUT2D eigenvalue weighted by molar-refractivity contribution is 0.628. The molecule has 14 heteroatoms. The van der Waals surface area contributed by atoms with Crippen molar-refractivity contribution in [3.8, 4) is 11.4 Å². The van der Waals surface area contributed by atoms with Crippen LogP contribution in [0.2, 0.25) is 0 Å². The van der Waals surface area contributed by atoms with Crippen molar-refractivity contribution >= 4 is 131 Å². The predicted molar refractivity (Wildman–Crippen MR) is 361 cm³/mol. The Balaban J connectivity index is 0.000000115. The van der Waals surface area contributed by atoms with E-state index >= 15 is 0 Å². The van der Waals surface area contributed by atoms with E-state index in [1.54, 1.807) is 35.4 Å². The molecule has 0 unspecified atom stereocenters. The topological polar surface area (TPSA) is 132 Å². The van der Waals surface area contributed by atoms with E-state index in [9.17, 15) is 37.5 Å². The minimum Gasteiger partial charge on any atom is -0.343 e. The molecule has 0 saturated heterocycles. The largest absolute Gasteiger partial charge is 0.343 e. The average molecular weight is 1180 g/mol. The number of pyridine rings is 6. The van der Waals surface area contributed by atoms with Crippen molar-refractivity contribution < 1.29 is 8.78 Å². The molecule has 0 fully saturated rings. The highest BCUT2D eigenvalue weighted by Gasteiger charge is 2.21. The number of aryl methyl sites for hydroxylation is 4. The van der Waals surface area contributed by atoms with E-state index in [2.05, 4.69) is 9.13 Å². The van der Waals surface area contributed by atoms with E-state index in [4.69, 9.17) is 0 Å². The number of hydrogen-bond acceptors (Lipinski definition) is 6. The van der Waals surface area contributed by atoms with Gasteiger partial charge in [-0.25, -0.2) is 8.78 Å². The molecule has 434 valence electrons. The molecule has 0 amide bonds. The first-order valence-electron chi connectivity index (χ1n) is 29.1. The van der Waals surface area contributed by atoms with E-state index in [1.807, 2.05) is 205 Å². The quantitative estimate of drug-likeness (QED) is 0.158. The maximum Gasteiger partial charge on any atom is 0.197 e. The zero-order valence-corrected chi connectivity index (χ0v) is 48.8. The highest BCUT2D eigenvalue weighted by molar-refractivity contribution is 6.08. The molecule has 0 atom stereocenters. The van der Waals surface area contributed by atoms with Crippen molar-refractivity contribution in [2.45, 2.75) is 0 Å². The predicted octanol–water partition coefficient (Wildman–Crippen LogP) is 14.3. The molecule has 0 aliphatic heterocycles. The average Bonchev–Trinajstić information content (AvgIpc) is 0.765. The van der Waals surface area contributed by atoms with Gasteiger partial charge in [0.2, 0.25) is 0 Å². The van der Waals surface area contributed by atoms with Crippen LogP contribution in [0.4, 0.5) is 8.78 Å². The molecule has 0 radical (unpaired) electrons. The molecule has 17 aromatic rings. The molecule has 0 bridgehead atoms. The Bertz CT molecular complexity index is 6000. The standard InChI is InChI=1S/C32H20N2O2.C22H14F2N2O2.C22H16N2O2/c35-31-23-15-7-9-17-27(23)33(21-11-3-1-4-12-21)29-19-26-30(20-25(29)31)34(22-13-5-2-6-14-22)28-18-10-8-16-24(28)32(26)36;1-25-17-7-11(23)3-5-13(17)21(27)15-10-20-16(9-19(15)25)22(28)14-6-4-12(24)8-18(14)26(20)2;1-23-17-9-5-3-7-13(17)21(25)15-12-20-16(11-19(15)23)22(26)14-8-4-6-10-18(14)24(20)2/h1-20H;3-10H,1-2H3;3-12H,1-2H3. The summed E-state index contributed by atoms with van der Waals surface area (Å²) in [5.74, 6) is -0.877. The molecule has 0 spiro atoms.